The fourth-order valence-corrected chi connectivity index (χ4v) is 2.84. The third kappa shape index (κ3) is 3.73. The number of carbonyl (C=O) groups is 1. The number of rotatable bonds is 6. The van der Waals surface area contributed by atoms with Gasteiger partial charge in [-0.25, -0.2) is 5.84 Å². The molecule has 0 saturated carbocycles. The van der Waals surface area contributed by atoms with E-state index in [0.717, 1.165) is 11.4 Å². The maximum atomic E-state index is 11.4. The molecular formula is C16H16N6OS. The van der Waals surface area contributed by atoms with E-state index < -0.39 is 0 Å². The van der Waals surface area contributed by atoms with Crippen molar-refractivity contribution in [3.63, 3.8) is 0 Å². The summed E-state index contributed by atoms with van der Waals surface area (Å²) in [5.41, 5.74) is 3.91. The summed E-state index contributed by atoms with van der Waals surface area (Å²) < 4.78 is 1.86. The van der Waals surface area contributed by atoms with Crippen molar-refractivity contribution in [2.24, 2.45) is 5.84 Å². The Balaban J connectivity index is 1.93. The van der Waals surface area contributed by atoms with Gasteiger partial charge < -0.3 is 5.32 Å². The van der Waals surface area contributed by atoms with Gasteiger partial charge in [-0.15, -0.1) is 10.2 Å². The quantitative estimate of drug-likeness (QED) is 0.275. The van der Waals surface area contributed by atoms with Crippen LogP contribution in [0.15, 0.2) is 65.8 Å². The van der Waals surface area contributed by atoms with E-state index >= 15 is 0 Å². The van der Waals surface area contributed by atoms with Crippen molar-refractivity contribution in [3.05, 3.63) is 60.7 Å². The lowest BCUT2D eigenvalue weighted by molar-refractivity contribution is -0.118. The fourth-order valence-electron chi connectivity index (χ4n) is 2.08. The third-order valence-electron chi connectivity index (χ3n) is 3.17. The molecule has 3 rings (SSSR count). The summed E-state index contributed by atoms with van der Waals surface area (Å²) in [6.07, 6.45) is 0. The first kappa shape index (κ1) is 16.0. The number of anilines is 2. The highest BCUT2D eigenvalue weighted by Crippen LogP contribution is 2.26. The molecule has 0 bridgehead atoms. The Hall–Kier alpha value is -2.84. The largest absolute Gasteiger partial charge is 0.324 e. The molecule has 0 saturated heterocycles. The molecule has 0 atom stereocenters. The summed E-state index contributed by atoms with van der Waals surface area (Å²) >= 11 is 1.26. The number of nitrogens with zero attached hydrogens (tertiary/aromatic N) is 3. The predicted molar refractivity (Wildman–Crippen MR) is 94.1 cm³/mol. The first-order valence-corrected chi connectivity index (χ1v) is 8.21. The van der Waals surface area contributed by atoms with Crippen molar-refractivity contribution in [3.8, 4) is 5.69 Å². The lowest BCUT2D eigenvalue weighted by Crippen LogP contribution is -2.31. The molecule has 1 aromatic heterocycles. The van der Waals surface area contributed by atoms with Gasteiger partial charge in [0.15, 0.2) is 5.16 Å². The Bertz CT molecular complexity index is 806. The normalized spacial score (nSPS) is 10.4. The fraction of sp³-hybridized carbons (Fsp3) is 0.0625. The molecule has 122 valence electrons. The van der Waals surface area contributed by atoms with Crippen LogP contribution in [0, 0.1) is 0 Å². The minimum absolute atomic E-state index is 0.160. The lowest BCUT2D eigenvalue weighted by Gasteiger charge is -2.11. The van der Waals surface area contributed by atoms with Gasteiger partial charge in [0, 0.05) is 5.69 Å². The van der Waals surface area contributed by atoms with Crippen molar-refractivity contribution in [2.75, 3.05) is 11.1 Å². The second-order valence-corrected chi connectivity index (χ2v) is 5.77. The number of nitrogens with two attached hydrogens (primary N) is 1. The molecule has 7 nitrogen and oxygen atoms in total. The number of amides is 1. The molecule has 1 heterocycles. The van der Waals surface area contributed by atoms with Crippen LogP contribution in [-0.2, 0) is 4.79 Å². The van der Waals surface area contributed by atoms with Crippen molar-refractivity contribution in [1.82, 2.24) is 20.2 Å². The molecule has 0 aliphatic heterocycles. The summed E-state index contributed by atoms with van der Waals surface area (Å²) in [6, 6.07) is 19.4. The zero-order chi connectivity index (χ0) is 16.8. The predicted octanol–water partition coefficient (Wildman–Crippen LogP) is 2.09. The van der Waals surface area contributed by atoms with Crippen molar-refractivity contribution in [2.45, 2.75) is 5.16 Å². The summed E-state index contributed by atoms with van der Waals surface area (Å²) in [5.74, 6) is 5.58. The highest BCUT2D eigenvalue weighted by molar-refractivity contribution is 7.99. The van der Waals surface area contributed by atoms with Gasteiger partial charge in [-0.1, -0.05) is 48.2 Å². The van der Waals surface area contributed by atoms with E-state index in [0.29, 0.717) is 11.1 Å². The monoisotopic (exact) mass is 340 g/mol. The van der Waals surface area contributed by atoms with E-state index in [2.05, 4.69) is 20.9 Å². The Labute approximate surface area is 143 Å². The molecular weight excluding hydrogens is 324 g/mol. The van der Waals surface area contributed by atoms with Crippen LogP contribution in [0.3, 0.4) is 0 Å². The van der Waals surface area contributed by atoms with Crippen LogP contribution in [0.4, 0.5) is 11.6 Å². The van der Waals surface area contributed by atoms with Gasteiger partial charge in [0.1, 0.15) is 0 Å². The van der Waals surface area contributed by atoms with Crippen LogP contribution in [0.2, 0.25) is 0 Å². The van der Waals surface area contributed by atoms with Gasteiger partial charge in [0.05, 0.1) is 11.4 Å². The molecule has 3 aromatic rings. The molecule has 0 fully saturated rings. The number of hydrogen-bond acceptors (Lipinski definition) is 6. The van der Waals surface area contributed by atoms with Crippen LogP contribution in [-0.4, -0.2) is 26.4 Å². The smallest absolute Gasteiger partial charge is 0.244 e. The summed E-state index contributed by atoms with van der Waals surface area (Å²) in [6.45, 7) is 0. The average Bonchev–Trinajstić information content (AvgIpc) is 3.03. The summed E-state index contributed by atoms with van der Waals surface area (Å²) in [4.78, 5) is 11.4. The number of aromatic nitrogens is 3. The van der Waals surface area contributed by atoms with Crippen LogP contribution >= 0.6 is 11.8 Å². The number of hydrazine groups is 1. The number of nitrogens with one attached hydrogen (secondary N) is 2. The van der Waals surface area contributed by atoms with Gasteiger partial charge in [0.2, 0.25) is 11.9 Å². The van der Waals surface area contributed by atoms with E-state index in [9.17, 15) is 4.79 Å². The highest BCUT2D eigenvalue weighted by Gasteiger charge is 2.15. The van der Waals surface area contributed by atoms with Crippen LogP contribution < -0.4 is 16.6 Å². The van der Waals surface area contributed by atoms with Crippen LogP contribution in [0.25, 0.3) is 5.69 Å². The SMILES string of the molecule is NNC(=O)CSc1nnc(Nc2ccccc2)n1-c1ccccc1. The minimum Gasteiger partial charge on any atom is -0.324 e. The first-order valence-electron chi connectivity index (χ1n) is 7.23. The van der Waals surface area contributed by atoms with Crippen LogP contribution in [0.5, 0.6) is 0 Å². The van der Waals surface area contributed by atoms with E-state index in [1.54, 1.807) is 0 Å². The second kappa shape index (κ2) is 7.62. The van der Waals surface area contributed by atoms with E-state index in [1.165, 1.54) is 11.8 Å². The van der Waals surface area contributed by atoms with Crippen molar-refractivity contribution < 1.29 is 4.79 Å². The van der Waals surface area contributed by atoms with Gasteiger partial charge in [-0.05, 0) is 24.3 Å². The highest BCUT2D eigenvalue weighted by atomic mass is 32.2. The van der Waals surface area contributed by atoms with E-state index in [1.807, 2.05) is 65.2 Å². The molecule has 4 N–H and O–H groups in total. The standard InChI is InChI=1S/C16H16N6OS/c17-19-14(23)11-24-16-21-20-15(18-12-7-3-1-4-8-12)22(16)13-9-5-2-6-10-13/h1-10H,11,17H2,(H,18,20)(H,19,23). The number of para-hydroxylation sites is 2. The molecule has 2 aromatic carbocycles. The Morgan fingerprint density at radius 1 is 1.04 bits per heavy atom. The zero-order valence-electron chi connectivity index (χ0n) is 12.7. The molecule has 8 heteroatoms. The van der Waals surface area contributed by atoms with Gasteiger partial charge in [0.25, 0.3) is 0 Å². The lowest BCUT2D eigenvalue weighted by atomic mass is 10.3. The third-order valence-corrected chi connectivity index (χ3v) is 4.10. The molecule has 0 aliphatic rings. The van der Waals surface area contributed by atoms with Crippen molar-refractivity contribution >= 4 is 29.3 Å². The molecule has 0 unspecified atom stereocenters. The number of benzene rings is 2. The topological polar surface area (TPSA) is 97.9 Å². The number of thioether (sulfide) groups is 1. The van der Waals surface area contributed by atoms with Gasteiger partial charge in [-0.3, -0.25) is 14.8 Å². The Kier molecular flexibility index (Phi) is 5.09. The first-order chi connectivity index (χ1) is 11.8. The van der Waals surface area contributed by atoms with Gasteiger partial charge >= 0.3 is 0 Å². The Morgan fingerprint density at radius 2 is 1.71 bits per heavy atom. The van der Waals surface area contributed by atoms with Crippen molar-refractivity contribution in [1.29, 1.82) is 0 Å². The number of hydrogen-bond donors (Lipinski definition) is 3. The number of carbonyl (C=O) groups excluding carboxylic acids is 1. The van der Waals surface area contributed by atoms with Crippen LogP contribution in [0.1, 0.15) is 0 Å². The zero-order valence-corrected chi connectivity index (χ0v) is 13.5. The molecule has 24 heavy (non-hydrogen) atoms. The second-order valence-electron chi connectivity index (χ2n) is 4.82. The summed E-state index contributed by atoms with van der Waals surface area (Å²) in [5, 5.41) is 12.2. The van der Waals surface area contributed by atoms with E-state index in [-0.39, 0.29) is 11.7 Å². The molecule has 0 spiro atoms. The maximum Gasteiger partial charge on any atom is 0.244 e. The maximum absolute atomic E-state index is 11.4. The molecule has 1 amide bonds. The van der Waals surface area contributed by atoms with E-state index in [4.69, 9.17) is 5.84 Å². The Morgan fingerprint density at radius 3 is 2.38 bits per heavy atom. The van der Waals surface area contributed by atoms with Gasteiger partial charge in [-0.2, -0.15) is 0 Å². The minimum atomic E-state index is -0.278. The molecule has 0 aliphatic carbocycles. The molecule has 0 radical (unpaired) electrons. The summed E-state index contributed by atoms with van der Waals surface area (Å²) in [7, 11) is 0. The average molecular weight is 340 g/mol.